The first-order chi connectivity index (χ1) is 18.0. The van der Waals surface area contributed by atoms with Crippen LogP contribution in [0.3, 0.4) is 0 Å². The van der Waals surface area contributed by atoms with Crippen LogP contribution in [0.1, 0.15) is 69.3 Å². The van der Waals surface area contributed by atoms with Gasteiger partial charge in [0.2, 0.25) is 0 Å². The van der Waals surface area contributed by atoms with Crippen molar-refractivity contribution in [2.45, 2.75) is 37.7 Å². The van der Waals surface area contributed by atoms with E-state index in [4.69, 9.17) is 4.74 Å². The number of H-pyrrole nitrogens is 2. The van der Waals surface area contributed by atoms with E-state index >= 15 is 0 Å². The summed E-state index contributed by atoms with van der Waals surface area (Å²) in [6, 6.07) is 22.4. The third kappa shape index (κ3) is 4.02. The van der Waals surface area contributed by atoms with Crippen LogP contribution in [0.15, 0.2) is 72.8 Å². The number of hydrogen-bond acceptors (Lipinski definition) is 3. The largest absolute Gasteiger partial charge is 0.490 e. The second-order valence-electron chi connectivity index (χ2n) is 9.56. The Morgan fingerprint density at radius 3 is 1.70 bits per heavy atom. The van der Waals surface area contributed by atoms with E-state index in [0.717, 1.165) is 34.9 Å². The Hall–Kier alpha value is -4.52. The van der Waals surface area contributed by atoms with E-state index in [1.807, 2.05) is 72.8 Å². The van der Waals surface area contributed by atoms with Crippen molar-refractivity contribution in [3.63, 3.8) is 0 Å². The topological polar surface area (TPSA) is 115 Å². The van der Waals surface area contributed by atoms with Crippen LogP contribution >= 0.6 is 0 Å². The fourth-order valence-corrected chi connectivity index (χ4v) is 5.68. The molecule has 0 unspecified atom stereocenters. The van der Waals surface area contributed by atoms with Crippen molar-refractivity contribution in [2.24, 2.45) is 0 Å². The van der Waals surface area contributed by atoms with Crippen molar-refractivity contribution >= 4 is 33.7 Å². The van der Waals surface area contributed by atoms with E-state index in [0.29, 0.717) is 22.2 Å². The summed E-state index contributed by atoms with van der Waals surface area (Å²) >= 11 is 0. The summed E-state index contributed by atoms with van der Waals surface area (Å²) in [6.07, 6.45) is 4.63. The number of benzene rings is 3. The first-order valence-corrected chi connectivity index (χ1v) is 12.5. The Morgan fingerprint density at radius 1 is 0.730 bits per heavy atom. The molecule has 0 bridgehead atoms. The monoisotopic (exact) mass is 494 g/mol. The van der Waals surface area contributed by atoms with Gasteiger partial charge in [-0.25, -0.2) is 9.59 Å². The Bertz CT molecular complexity index is 1530. The Morgan fingerprint density at radius 2 is 1.22 bits per heavy atom. The number of rotatable bonds is 7. The summed E-state index contributed by atoms with van der Waals surface area (Å²) in [7, 11) is 0. The van der Waals surface area contributed by atoms with Gasteiger partial charge in [0.25, 0.3) is 0 Å². The first kappa shape index (κ1) is 22.9. The zero-order valence-electron chi connectivity index (χ0n) is 20.0. The van der Waals surface area contributed by atoms with Gasteiger partial charge in [-0.05, 0) is 55.5 Å². The SMILES string of the molecule is O=C(O)c1[nH]c2ccccc2c1C(c1ccc(OC2CCCC2)cc1)c1c(C(=O)O)[nH]c2ccccc12. The summed E-state index contributed by atoms with van der Waals surface area (Å²) in [4.78, 5) is 31.0. The number of fused-ring (bicyclic) bond motifs is 2. The van der Waals surface area contributed by atoms with Gasteiger partial charge in [0.05, 0.1) is 6.10 Å². The number of para-hydroxylation sites is 2. The van der Waals surface area contributed by atoms with Gasteiger partial charge in [0.1, 0.15) is 17.1 Å². The van der Waals surface area contributed by atoms with Crippen LogP contribution in [-0.2, 0) is 0 Å². The predicted octanol–water partition coefficient (Wildman–Crippen LogP) is 6.55. The number of carbonyl (C=O) groups is 2. The van der Waals surface area contributed by atoms with Crippen LogP contribution in [-0.4, -0.2) is 38.2 Å². The molecule has 2 heterocycles. The molecule has 6 rings (SSSR count). The van der Waals surface area contributed by atoms with Crippen molar-refractivity contribution in [3.05, 3.63) is 101 Å². The molecule has 0 radical (unpaired) electrons. The molecule has 1 saturated carbocycles. The molecule has 186 valence electrons. The molecule has 0 atom stereocenters. The number of nitrogens with one attached hydrogen (secondary N) is 2. The third-order valence-electron chi connectivity index (χ3n) is 7.32. The Balaban J connectivity index is 1.60. The number of hydrogen-bond donors (Lipinski definition) is 4. The van der Waals surface area contributed by atoms with Crippen LogP contribution in [0.4, 0.5) is 0 Å². The molecule has 0 aliphatic heterocycles. The highest BCUT2D eigenvalue weighted by molar-refractivity contribution is 6.02. The van der Waals surface area contributed by atoms with Gasteiger partial charge in [-0.1, -0.05) is 48.5 Å². The van der Waals surface area contributed by atoms with E-state index in [1.165, 1.54) is 12.8 Å². The van der Waals surface area contributed by atoms with Crippen LogP contribution in [0.25, 0.3) is 21.8 Å². The molecule has 4 N–H and O–H groups in total. The fraction of sp³-hybridized carbons (Fsp3) is 0.200. The van der Waals surface area contributed by atoms with E-state index in [9.17, 15) is 19.8 Å². The number of carboxylic acids is 2. The second kappa shape index (κ2) is 9.17. The number of aromatic nitrogens is 2. The minimum Gasteiger partial charge on any atom is -0.490 e. The van der Waals surface area contributed by atoms with Gasteiger partial charge in [-0.2, -0.15) is 0 Å². The molecule has 1 fully saturated rings. The highest BCUT2D eigenvalue weighted by Gasteiger charge is 2.32. The molecule has 37 heavy (non-hydrogen) atoms. The first-order valence-electron chi connectivity index (χ1n) is 12.5. The van der Waals surface area contributed by atoms with Crippen molar-refractivity contribution in [3.8, 4) is 5.75 Å². The molecule has 2 aromatic heterocycles. The Kier molecular flexibility index (Phi) is 5.68. The lowest BCUT2D eigenvalue weighted by Crippen LogP contribution is -2.13. The van der Waals surface area contributed by atoms with E-state index < -0.39 is 17.9 Å². The predicted molar refractivity (Wildman–Crippen MR) is 141 cm³/mol. The van der Waals surface area contributed by atoms with Crippen molar-refractivity contribution < 1.29 is 24.5 Å². The molecular formula is C30H26N2O5. The molecular weight excluding hydrogens is 468 g/mol. The average molecular weight is 495 g/mol. The van der Waals surface area contributed by atoms with Crippen LogP contribution < -0.4 is 4.74 Å². The summed E-state index contributed by atoms with van der Waals surface area (Å²) < 4.78 is 6.16. The van der Waals surface area contributed by atoms with Crippen molar-refractivity contribution in [1.29, 1.82) is 0 Å². The lowest BCUT2D eigenvalue weighted by molar-refractivity contribution is 0.0681. The van der Waals surface area contributed by atoms with E-state index in [2.05, 4.69) is 9.97 Å². The summed E-state index contributed by atoms with van der Waals surface area (Å²) in [5, 5.41) is 21.8. The van der Waals surface area contributed by atoms with Gasteiger partial charge in [0.15, 0.2) is 0 Å². The van der Waals surface area contributed by atoms with Gasteiger partial charge in [-0.3, -0.25) is 0 Å². The zero-order valence-corrected chi connectivity index (χ0v) is 20.0. The molecule has 0 saturated heterocycles. The molecule has 1 aliphatic carbocycles. The molecule has 7 nitrogen and oxygen atoms in total. The molecule has 7 heteroatoms. The molecule has 3 aromatic carbocycles. The number of aromatic carboxylic acids is 2. The third-order valence-corrected chi connectivity index (χ3v) is 7.32. The minimum atomic E-state index is -1.10. The van der Waals surface area contributed by atoms with Crippen LogP contribution in [0.2, 0.25) is 0 Å². The standard InChI is InChI=1S/C30H26N2O5/c33-29(34)27-25(20-9-3-5-11-22(20)31-27)24(17-13-15-19(16-14-17)37-18-7-1-2-8-18)26-21-10-4-6-12-23(21)32-28(26)30(35)36/h3-6,9-16,18,24,31-32H,1-2,7-8H2,(H,33,34)(H,35,36). The summed E-state index contributed by atoms with van der Waals surface area (Å²) in [5.74, 6) is -2.11. The smallest absolute Gasteiger partial charge is 0.352 e. The highest BCUT2D eigenvalue weighted by atomic mass is 16.5. The van der Waals surface area contributed by atoms with Crippen LogP contribution in [0, 0.1) is 0 Å². The molecule has 5 aromatic rings. The molecule has 0 amide bonds. The van der Waals surface area contributed by atoms with Crippen LogP contribution in [0.5, 0.6) is 5.75 Å². The lowest BCUT2D eigenvalue weighted by atomic mass is 9.82. The summed E-state index contributed by atoms with van der Waals surface area (Å²) in [5.41, 5.74) is 3.27. The molecule has 0 spiro atoms. The quantitative estimate of drug-likeness (QED) is 0.205. The second-order valence-corrected chi connectivity index (χ2v) is 9.56. The van der Waals surface area contributed by atoms with Gasteiger partial charge < -0.3 is 24.9 Å². The maximum atomic E-state index is 12.5. The maximum absolute atomic E-state index is 12.5. The normalized spacial score (nSPS) is 14.1. The van der Waals surface area contributed by atoms with Gasteiger partial charge in [-0.15, -0.1) is 0 Å². The molecule has 1 aliphatic rings. The zero-order chi connectivity index (χ0) is 25.5. The maximum Gasteiger partial charge on any atom is 0.352 e. The van der Waals surface area contributed by atoms with Crippen molar-refractivity contribution in [2.75, 3.05) is 0 Å². The summed E-state index contributed by atoms with van der Waals surface area (Å²) in [6.45, 7) is 0. The number of carboxylic acid groups (broad SMARTS) is 2. The van der Waals surface area contributed by atoms with Gasteiger partial charge >= 0.3 is 11.9 Å². The van der Waals surface area contributed by atoms with E-state index in [-0.39, 0.29) is 17.5 Å². The van der Waals surface area contributed by atoms with E-state index in [1.54, 1.807) is 0 Å². The fourth-order valence-electron chi connectivity index (χ4n) is 5.68. The lowest BCUT2D eigenvalue weighted by Gasteiger charge is -2.21. The number of aromatic amines is 2. The van der Waals surface area contributed by atoms with Crippen molar-refractivity contribution in [1.82, 2.24) is 9.97 Å². The van der Waals surface area contributed by atoms with Gasteiger partial charge in [0, 0.05) is 38.9 Å². The highest BCUT2D eigenvalue weighted by Crippen LogP contribution is 2.43. The minimum absolute atomic E-state index is 0.0408. The average Bonchev–Trinajstić information content (AvgIpc) is 3.64. The number of ether oxygens (including phenoxy) is 1. The Labute approximate surface area is 212 Å².